The minimum atomic E-state index is 0.0634. The van der Waals surface area contributed by atoms with E-state index in [0.717, 1.165) is 30.9 Å². The summed E-state index contributed by atoms with van der Waals surface area (Å²) in [6.45, 7) is 11.7. The summed E-state index contributed by atoms with van der Waals surface area (Å²) in [5.41, 5.74) is 2.72. The molecule has 1 fully saturated rings. The van der Waals surface area contributed by atoms with Gasteiger partial charge in [0.05, 0.1) is 0 Å². The average Bonchev–Trinajstić information content (AvgIpc) is 2.77. The van der Waals surface area contributed by atoms with Crippen LogP contribution >= 0.6 is 0 Å². The molecule has 5 heteroatoms. The predicted molar refractivity (Wildman–Crippen MR) is 128 cm³/mol. The molecule has 166 valence electrons. The number of nitrogens with zero attached hydrogens (tertiary/aromatic N) is 3. The minimum absolute atomic E-state index is 0.0634. The van der Waals surface area contributed by atoms with E-state index in [1.807, 2.05) is 61.2 Å². The lowest BCUT2D eigenvalue weighted by Gasteiger charge is -2.43. The molecule has 0 radical (unpaired) electrons. The number of amides is 1. The molecular formula is C26H35N3O2. The number of phenolic OH excluding ortho intramolecular Hbond substituents is 1. The molecule has 1 saturated heterocycles. The summed E-state index contributed by atoms with van der Waals surface area (Å²) in [5, 5.41) is 10.1. The molecule has 1 heterocycles. The van der Waals surface area contributed by atoms with Crippen LogP contribution in [0.3, 0.4) is 0 Å². The Hall–Kier alpha value is -2.95. The number of carbonyl (C=O) groups excluding carboxylic acids is 1. The summed E-state index contributed by atoms with van der Waals surface area (Å²) in [6.07, 6.45) is 5.27. The molecule has 1 amide bonds. The summed E-state index contributed by atoms with van der Waals surface area (Å²) in [7, 11) is 0. The van der Waals surface area contributed by atoms with E-state index in [-0.39, 0.29) is 11.7 Å². The van der Waals surface area contributed by atoms with Gasteiger partial charge in [0.25, 0.3) is 5.91 Å². The number of carbonyl (C=O) groups is 1. The van der Waals surface area contributed by atoms with Crippen LogP contribution in [0.2, 0.25) is 0 Å². The first-order valence-electron chi connectivity index (χ1n) is 11.3. The Morgan fingerprint density at radius 2 is 1.84 bits per heavy atom. The normalized spacial score (nSPS) is 18.9. The van der Waals surface area contributed by atoms with Gasteiger partial charge in [-0.2, -0.15) is 0 Å². The van der Waals surface area contributed by atoms with Crippen LogP contribution in [0.1, 0.15) is 44.5 Å². The van der Waals surface area contributed by atoms with E-state index in [4.69, 9.17) is 0 Å². The van der Waals surface area contributed by atoms with Crippen LogP contribution in [-0.2, 0) is 0 Å². The van der Waals surface area contributed by atoms with Gasteiger partial charge in [-0.05, 0) is 75.7 Å². The number of benzene rings is 2. The number of rotatable bonds is 7. The minimum Gasteiger partial charge on any atom is -0.508 e. The molecule has 1 aliphatic rings. The van der Waals surface area contributed by atoms with Gasteiger partial charge in [-0.25, -0.2) is 0 Å². The highest BCUT2D eigenvalue weighted by Crippen LogP contribution is 2.36. The number of likely N-dealkylation sites (tertiary alicyclic amines) is 1. The predicted octanol–water partition coefficient (Wildman–Crippen LogP) is 5.26. The highest BCUT2D eigenvalue weighted by atomic mass is 16.3. The average molecular weight is 422 g/mol. The van der Waals surface area contributed by atoms with Crippen molar-refractivity contribution in [2.75, 3.05) is 31.1 Å². The second kappa shape index (κ2) is 10.4. The zero-order valence-corrected chi connectivity index (χ0v) is 19.2. The van der Waals surface area contributed by atoms with Gasteiger partial charge in [-0.3, -0.25) is 4.79 Å². The molecule has 0 unspecified atom stereocenters. The highest BCUT2D eigenvalue weighted by Gasteiger charge is 2.31. The third kappa shape index (κ3) is 5.22. The Morgan fingerprint density at radius 3 is 2.42 bits per heavy atom. The van der Waals surface area contributed by atoms with Crippen LogP contribution in [0.15, 0.2) is 60.8 Å². The summed E-state index contributed by atoms with van der Waals surface area (Å²) in [6, 6.07) is 15.7. The number of phenols is 1. The highest BCUT2D eigenvalue weighted by molar-refractivity contribution is 5.94. The maximum atomic E-state index is 12.7. The van der Waals surface area contributed by atoms with Gasteiger partial charge < -0.3 is 19.8 Å². The number of piperidine rings is 1. The molecule has 1 N–H and O–H groups in total. The second-order valence-electron chi connectivity index (χ2n) is 8.22. The molecule has 2 atom stereocenters. The maximum absolute atomic E-state index is 12.7. The molecule has 31 heavy (non-hydrogen) atoms. The largest absolute Gasteiger partial charge is 0.508 e. The van der Waals surface area contributed by atoms with Crippen molar-refractivity contribution in [3.63, 3.8) is 0 Å². The van der Waals surface area contributed by atoms with E-state index in [1.165, 1.54) is 0 Å². The Balaban J connectivity index is 1.93. The fraction of sp³-hybridized carbons (Fsp3) is 0.423. The summed E-state index contributed by atoms with van der Waals surface area (Å²) in [4.78, 5) is 19.2. The smallest absolute Gasteiger partial charge is 0.253 e. The quantitative estimate of drug-likeness (QED) is 0.663. The molecule has 0 saturated carbocycles. The van der Waals surface area contributed by atoms with Crippen LogP contribution in [-0.4, -0.2) is 53.0 Å². The number of hydrogen-bond donors (Lipinski definition) is 1. The molecule has 2 aromatic rings. The van der Waals surface area contributed by atoms with Crippen molar-refractivity contribution in [1.29, 1.82) is 0 Å². The fourth-order valence-electron chi connectivity index (χ4n) is 4.53. The van der Waals surface area contributed by atoms with Crippen LogP contribution in [0.4, 0.5) is 11.4 Å². The fourth-order valence-corrected chi connectivity index (χ4v) is 4.53. The van der Waals surface area contributed by atoms with Gasteiger partial charge in [-0.1, -0.05) is 19.1 Å². The van der Waals surface area contributed by atoms with E-state index in [2.05, 4.69) is 35.9 Å². The van der Waals surface area contributed by atoms with Crippen molar-refractivity contribution in [3.05, 3.63) is 66.4 Å². The van der Waals surface area contributed by atoms with E-state index < -0.39 is 0 Å². The third-order valence-electron chi connectivity index (χ3n) is 6.13. The van der Waals surface area contributed by atoms with Crippen molar-refractivity contribution in [2.24, 2.45) is 5.92 Å². The lowest BCUT2D eigenvalue weighted by molar-refractivity contribution is 0.0773. The van der Waals surface area contributed by atoms with Gasteiger partial charge in [0.1, 0.15) is 5.75 Å². The first-order chi connectivity index (χ1) is 15.0. The Morgan fingerprint density at radius 1 is 1.13 bits per heavy atom. The van der Waals surface area contributed by atoms with Gasteiger partial charge in [-0.15, -0.1) is 0 Å². The zero-order chi connectivity index (χ0) is 22.4. The summed E-state index contributed by atoms with van der Waals surface area (Å²) < 4.78 is 0. The van der Waals surface area contributed by atoms with Crippen LogP contribution in [0.5, 0.6) is 5.75 Å². The lowest BCUT2D eigenvalue weighted by atomic mass is 9.91. The topological polar surface area (TPSA) is 47.0 Å². The molecule has 5 nitrogen and oxygen atoms in total. The lowest BCUT2D eigenvalue weighted by Crippen LogP contribution is -2.47. The van der Waals surface area contributed by atoms with E-state index >= 15 is 0 Å². The van der Waals surface area contributed by atoms with E-state index in [0.29, 0.717) is 30.6 Å². The summed E-state index contributed by atoms with van der Waals surface area (Å²) in [5.74, 6) is 0.757. The van der Waals surface area contributed by atoms with Crippen molar-refractivity contribution in [2.45, 2.75) is 40.2 Å². The van der Waals surface area contributed by atoms with Gasteiger partial charge in [0, 0.05) is 55.2 Å². The number of aromatic hydroxyl groups is 1. The monoisotopic (exact) mass is 421 g/mol. The molecule has 3 rings (SSSR count). The Kier molecular flexibility index (Phi) is 7.61. The van der Waals surface area contributed by atoms with E-state index in [1.54, 1.807) is 6.07 Å². The Bertz CT molecular complexity index is 890. The van der Waals surface area contributed by atoms with Crippen molar-refractivity contribution < 1.29 is 9.90 Å². The zero-order valence-electron chi connectivity index (χ0n) is 19.2. The maximum Gasteiger partial charge on any atom is 0.253 e. The van der Waals surface area contributed by atoms with Gasteiger partial charge in [0.2, 0.25) is 0 Å². The van der Waals surface area contributed by atoms with Crippen LogP contribution < -0.4 is 4.90 Å². The second-order valence-corrected chi connectivity index (χ2v) is 8.22. The third-order valence-corrected chi connectivity index (χ3v) is 6.13. The van der Waals surface area contributed by atoms with Crippen molar-refractivity contribution in [3.8, 4) is 5.75 Å². The number of allylic oxidation sites excluding steroid dienone is 1. The molecule has 2 aromatic carbocycles. The molecule has 0 spiro atoms. The van der Waals surface area contributed by atoms with Crippen molar-refractivity contribution in [1.82, 2.24) is 9.80 Å². The van der Waals surface area contributed by atoms with Crippen molar-refractivity contribution >= 4 is 17.3 Å². The number of hydrogen-bond acceptors (Lipinski definition) is 4. The van der Waals surface area contributed by atoms with Gasteiger partial charge in [0.15, 0.2) is 0 Å². The van der Waals surface area contributed by atoms with Gasteiger partial charge >= 0.3 is 0 Å². The standard InChI is InChI=1S/C26H35N3O2/c1-5-16-27-17-15-25(20(4)19-27)29(23-9-8-10-24(30)18-23)22-13-11-21(12-14-22)26(31)28(6-2)7-3/h5,8-14,16,18,20,25,30H,6-7,15,17,19H2,1-4H3/b16-5+/t20-,25+/m0/s1. The molecule has 0 aliphatic carbocycles. The Labute approximate surface area is 186 Å². The molecular weight excluding hydrogens is 386 g/mol. The first-order valence-corrected chi connectivity index (χ1v) is 11.3. The van der Waals surface area contributed by atoms with E-state index in [9.17, 15) is 9.90 Å². The molecule has 1 aliphatic heterocycles. The van der Waals surface area contributed by atoms with Crippen LogP contribution in [0.25, 0.3) is 0 Å². The first kappa shape index (κ1) is 22.7. The summed E-state index contributed by atoms with van der Waals surface area (Å²) >= 11 is 0. The number of anilines is 2. The SMILES string of the molecule is C/C=C/N1CC[C@@H](N(c2ccc(C(=O)N(CC)CC)cc2)c2cccc(O)c2)[C@@H](C)C1. The molecule has 0 aromatic heterocycles. The van der Waals surface area contributed by atoms with Crippen LogP contribution in [0, 0.1) is 5.92 Å². The molecule has 0 bridgehead atoms.